The molecular formula is C22H23KN5-. The van der Waals surface area contributed by atoms with Crippen LogP contribution in [0.2, 0.25) is 0 Å². The van der Waals surface area contributed by atoms with E-state index in [1.165, 1.54) is 11.3 Å². The SMILES string of the molecule is Cc1cccc(-c2nn3c(c2-c2ccc(=NC=[C-]CCN)[cH-]c2)CCC3)n1.[K+]. The van der Waals surface area contributed by atoms with Crippen LogP contribution in [-0.2, 0) is 13.0 Å². The molecule has 2 aromatic heterocycles. The largest absolute Gasteiger partial charge is 1.00 e. The fourth-order valence-corrected chi connectivity index (χ4v) is 3.47. The van der Waals surface area contributed by atoms with E-state index in [0.717, 1.165) is 53.8 Å². The molecule has 0 amide bonds. The normalized spacial score (nSPS) is 12.8. The summed E-state index contributed by atoms with van der Waals surface area (Å²) in [6, 6.07) is 14.4. The van der Waals surface area contributed by atoms with E-state index in [1.54, 1.807) is 6.20 Å². The predicted octanol–water partition coefficient (Wildman–Crippen LogP) is 0.156. The molecule has 6 heteroatoms. The Bertz CT molecular complexity index is 1020. The molecule has 1 aliphatic rings. The zero-order valence-corrected chi connectivity index (χ0v) is 19.6. The summed E-state index contributed by atoms with van der Waals surface area (Å²) in [6.07, 6.45) is 7.67. The summed E-state index contributed by atoms with van der Waals surface area (Å²) in [5, 5.41) is 5.78. The molecule has 0 aliphatic carbocycles. The molecule has 2 N–H and O–H groups in total. The average molecular weight is 397 g/mol. The first kappa shape index (κ1) is 21.4. The van der Waals surface area contributed by atoms with Crippen LogP contribution < -0.4 is 62.5 Å². The second kappa shape index (κ2) is 9.96. The average Bonchev–Trinajstić information content (AvgIpc) is 3.27. The maximum atomic E-state index is 5.46. The van der Waals surface area contributed by atoms with Crippen molar-refractivity contribution in [2.45, 2.75) is 32.7 Å². The van der Waals surface area contributed by atoms with E-state index in [-0.39, 0.29) is 51.4 Å². The van der Waals surface area contributed by atoms with E-state index in [9.17, 15) is 0 Å². The van der Waals surface area contributed by atoms with Crippen molar-refractivity contribution in [3.8, 4) is 22.5 Å². The van der Waals surface area contributed by atoms with Gasteiger partial charge in [-0.2, -0.15) is 29.9 Å². The van der Waals surface area contributed by atoms with Gasteiger partial charge in [0.25, 0.3) is 0 Å². The van der Waals surface area contributed by atoms with Crippen molar-refractivity contribution < 1.29 is 51.4 Å². The van der Waals surface area contributed by atoms with E-state index in [2.05, 4.69) is 27.9 Å². The number of pyridine rings is 1. The Balaban J connectivity index is 0.00000225. The minimum atomic E-state index is 0. The van der Waals surface area contributed by atoms with Gasteiger partial charge in [0.15, 0.2) is 0 Å². The van der Waals surface area contributed by atoms with Gasteiger partial charge in [0.1, 0.15) is 5.69 Å². The number of aromatic nitrogens is 3. The van der Waals surface area contributed by atoms with Gasteiger partial charge < -0.3 is 16.8 Å². The van der Waals surface area contributed by atoms with Crippen LogP contribution in [0.3, 0.4) is 0 Å². The van der Waals surface area contributed by atoms with Gasteiger partial charge in [-0.1, -0.05) is 6.07 Å². The molecule has 0 saturated carbocycles. The molecule has 3 heterocycles. The zero-order valence-electron chi connectivity index (χ0n) is 16.5. The van der Waals surface area contributed by atoms with Crippen LogP contribution in [0.5, 0.6) is 0 Å². The smallest absolute Gasteiger partial charge is 0.476 e. The molecule has 138 valence electrons. The Kier molecular flexibility index (Phi) is 7.62. The molecule has 0 unspecified atom stereocenters. The minimum Gasteiger partial charge on any atom is -0.476 e. The van der Waals surface area contributed by atoms with Crippen molar-refractivity contribution >= 4 is 0 Å². The van der Waals surface area contributed by atoms with Crippen molar-refractivity contribution in [1.29, 1.82) is 0 Å². The molecule has 0 spiro atoms. The molecule has 0 bridgehead atoms. The monoisotopic (exact) mass is 396 g/mol. The van der Waals surface area contributed by atoms with Gasteiger partial charge in [-0.15, -0.1) is 17.7 Å². The van der Waals surface area contributed by atoms with Crippen LogP contribution in [0, 0.1) is 13.0 Å². The molecule has 28 heavy (non-hydrogen) atoms. The zero-order chi connectivity index (χ0) is 18.6. The van der Waals surface area contributed by atoms with Crippen molar-refractivity contribution in [2.75, 3.05) is 6.54 Å². The molecule has 0 radical (unpaired) electrons. The quantitative estimate of drug-likeness (QED) is 0.493. The first-order chi connectivity index (χ1) is 13.3. The molecule has 0 atom stereocenters. The van der Waals surface area contributed by atoms with Crippen LogP contribution >= 0.6 is 0 Å². The van der Waals surface area contributed by atoms with Gasteiger partial charge >= 0.3 is 51.4 Å². The van der Waals surface area contributed by atoms with Crippen LogP contribution in [0.1, 0.15) is 24.2 Å². The number of fused-ring (bicyclic) bond motifs is 1. The summed E-state index contributed by atoms with van der Waals surface area (Å²) >= 11 is 0. The minimum absolute atomic E-state index is 0. The summed E-state index contributed by atoms with van der Waals surface area (Å²) in [5.74, 6) is 0. The molecule has 5 nitrogen and oxygen atoms in total. The third kappa shape index (κ3) is 4.64. The molecule has 3 aromatic rings. The topological polar surface area (TPSA) is 69.1 Å². The van der Waals surface area contributed by atoms with Crippen molar-refractivity contribution in [3.05, 3.63) is 71.5 Å². The first-order valence-corrected chi connectivity index (χ1v) is 9.36. The van der Waals surface area contributed by atoms with E-state index < -0.39 is 0 Å². The fraction of sp³-hybridized carbons (Fsp3) is 0.273. The molecule has 0 saturated heterocycles. The summed E-state index contributed by atoms with van der Waals surface area (Å²) in [6.45, 7) is 3.58. The number of nitrogens with zero attached hydrogens (tertiary/aromatic N) is 4. The molecule has 1 aliphatic heterocycles. The third-order valence-electron chi connectivity index (χ3n) is 4.72. The fourth-order valence-electron chi connectivity index (χ4n) is 3.47. The number of hydrogen-bond donors (Lipinski definition) is 1. The Hall–Kier alpha value is -1.28. The standard InChI is InChI=1S/C22H23N5.K/c1-16-6-4-7-19(25-16)22-21(20-8-5-15-27(20)26-22)17-9-11-18(12-10-17)24-14-3-2-13-23;/h4,6-7,9-12,14H,2,5,8,13,15,23H2,1H3;/q-2;+1. The van der Waals surface area contributed by atoms with Crippen LogP contribution in [0.15, 0.2) is 53.7 Å². The van der Waals surface area contributed by atoms with E-state index in [4.69, 9.17) is 15.8 Å². The van der Waals surface area contributed by atoms with Gasteiger partial charge in [0.2, 0.25) is 0 Å². The maximum absolute atomic E-state index is 5.46. The molecule has 1 aromatic carbocycles. The van der Waals surface area contributed by atoms with E-state index in [0.29, 0.717) is 6.54 Å². The summed E-state index contributed by atoms with van der Waals surface area (Å²) in [4.78, 5) is 9.11. The second-order valence-corrected chi connectivity index (χ2v) is 6.71. The maximum Gasteiger partial charge on any atom is 1.00 e. The van der Waals surface area contributed by atoms with Gasteiger partial charge in [-0.05, 0) is 49.4 Å². The van der Waals surface area contributed by atoms with E-state index >= 15 is 0 Å². The number of hydrogen-bond acceptors (Lipinski definition) is 4. The number of benzene rings is 1. The summed E-state index contributed by atoms with van der Waals surface area (Å²) in [7, 11) is 0. The van der Waals surface area contributed by atoms with E-state index in [1.807, 2.05) is 37.3 Å². The van der Waals surface area contributed by atoms with Gasteiger partial charge in [0.05, 0.1) is 5.69 Å². The van der Waals surface area contributed by atoms with Crippen molar-refractivity contribution in [1.82, 2.24) is 14.8 Å². The van der Waals surface area contributed by atoms with Crippen LogP contribution in [0.25, 0.3) is 22.5 Å². The summed E-state index contributed by atoms with van der Waals surface area (Å²) in [5.41, 5.74) is 12.0. The van der Waals surface area contributed by atoms with Crippen LogP contribution in [-0.4, -0.2) is 21.3 Å². The third-order valence-corrected chi connectivity index (χ3v) is 4.72. The number of nitrogens with two attached hydrogens (primary N) is 1. The summed E-state index contributed by atoms with van der Waals surface area (Å²) < 4.78 is 2.14. The Morgan fingerprint density at radius 3 is 2.96 bits per heavy atom. The Morgan fingerprint density at radius 2 is 2.21 bits per heavy atom. The predicted molar refractivity (Wildman–Crippen MR) is 107 cm³/mol. The van der Waals surface area contributed by atoms with Gasteiger partial charge in [0, 0.05) is 17.9 Å². The van der Waals surface area contributed by atoms with Gasteiger partial charge in [-0.3, -0.25) is 9.67 Å². The van der Waals surface area contributed by atoms with Crippen LogP contribution in [0.4, 0.5) is 0 Å². The van der Waals surface area contributed by atoms with Crippen molar-refractivity contribution in [2.24, 2.45) is 10.7 Å². The number of aryl methyl sites for hydroxylation is 2. The molecule has 0 fully saturated rings. The molecular weight excluding hydrogens is 373 g/mol. The number of rotatable bonds is 5. The Morgan fingerprint density at radius 1 is 1.32 bits per heavy atom. The van der Waals surface area contributed by atoms with Crippen molar-refractivity contribution in [3.63, 3.8) is 0 Å². The second-order valence-electron chi connectivity index (χ2n) is 6.71. The van der Waals surface area contributed by atoms with Gasteiger partial charge in [-0.25, -0.2) is 0 Å². The first-order valence-electron chi connectivity index (χ1n) is 9.36. The molecule has 4 rings (SSSR count). The Labute approximate surface area is 208 Å².